The molecular formula is C8H13NO. The Morgan fingerprint density at radius 3 is 3.10 bits per heavy atom. The van der Waals surface area contributed by atoms with Crippen LogP contribution in [0.2, 0.25) is 0 Å². The summed E-state index contributed by atoms with van der Waals surface area (Å²) in [6.07, 6.45) is 4.88. The first-order valence-electron chi connectivity index (χ1n) is 4.14. The van der Waals surface area contributed by atoms with Gasteiger partial charge in [0.15, 0.2) is 0 Å². The maximum atomic E-state index is 11.1. The van der Waals surface area contributed by atoms with Crippen molar-refractivity contribution >= 4 is 5.91 Å². The van der Waals surface area contributed by atoms with Gasteiger partial charge in [-0.3, -0.25) is 4.79 Å². The van der Waals surface area contributed by atoms with Gasteiger partial charge in [-0.15, -0.1) is 0 Å². The second kappa shape index (κ2) is 2.26. The molecule has 1 aliphatic heterocycles. The summed E-state index contributed by atoms with van der Waals surface area (Å²) in [5, 5.41) is 2.95. The van der Waals surface area contributed by atoms with Crippen LogP contribution >= 0.6 is 0 Å². The second-order valence-electron chi connectivity index (χ2n) is 3.47. The average Bonchev–Trinajstić information content (AvgIpc) is 1.99. The van der Waals surface area contributed by atoms with Crippen LogP contribution in [0.4, 0.5) is 0 Å². The highest BCUT2D eigenvalue weighted by Crippen LogP contribution is 2.31. The molecule has 1 N–H and O–H groups in total. The molecule has 2 bridgehead atoms. The number of hydrogen-bond acceptors (Lipinski definition) is 1. The van der Waals surface area contributed by atoms with E-state index in [2.05, 4.69) is 5.32 Å². The highest BCUT2D eigenvalue weighted by atomic mass is 16.1. The van der Waals surface area contributed by atoms with Crippen LogP contribution in [-0.2, 0) is 4.79 Å². The Balaban J connectivity index is 2.07. The van der Waals surface area contributed by atoms with E-state index in [1.165, 1.54) is 12.8 Å². The average molecular weight is 139 g/mol. The van der Waals surface area contributed by atoms with Gasteiger partial charge in [-0.05, 0) is 25.2 Å². The van der Waals surface area contributed by atoms with Crippen molar-refractivity contribution in [2.45, 2.75) is 25.7 Å². The molecular weight excluding hydrogens is 126 g/mol. The molecule has 1 amide bonds. The first-order valence-corrected chi connectivity index (χ1v) is 4.14. The van der Waals surface area contributed by atoms with E-state index in [9.17, 15) is 4.79 Å². The monoisotopic (exact) mass is 139 g/mol. The van der Waals surface area contributed by atoms with Crippen molar-refractivity contribution < 1.29 is 4.79 Å². The fraction of sp³-hybridized carbons (Fsp3) is 0.875. The van der Waals surface area contributed by atoms with E-state index in [0.717, 1.165) is 25.3 Å². The predicted octanol–water partition coefficient (Wildman–Crippen LogP) is 0.923. The summed E-state index contributed by atoms with van der Waals surface area (Å²) in [5.41, 5.74) is 0. The minimum Gasteiger partial charge on any atom is -0.356 e. The topological polar surface area (TPSA) is 29.1 Å². The fourth-order valence-electron chi connectivity index (χ4n) is 2.10. The molecule has 10 heavy (non-hydrogen) atoms. The molecule has 0 aromatic rings. The van der Waals surface area contributed by atoms with Crippen LogP contribution in [0.3, 0.4) is 0 Å². The van der Waals surface area contributed by atoms with Crippen LogP contribution in [0.5, 0.6) is 0 Å². The van der Waals surface area contributed by atoms with E-state index in [1.54, 1.807) is 0 Å². The SMILES string of the molecule is O=C1NC[C@@H]2CCC[C@H]1C2. The van der Waals surface area contributed by atoms with Crippen LogP contribution in [0, 0.1) is 11.8 Å². The number of carbonyl (C=O) groups excluding carboxylic acids is 1. The Morgan fingerprint density at radius 2 is 2.30 bits per heavy atom. The molecule has 1 aliphatic carbocycles. The molecule has 2 rings (SSSR count). The lowest BCUT2D eigenvalue weighted by molar-refractivity contribution is -0.129. The molecule has 1 heterocycles. The van der Waals surface area contributed by atoms with Gasteiger partial charge >= 0.3 is 0 Å². The quantitative estimate of drug-likeness (QED) is 0.531. The van der Waals surface area contributed by atoms with E-state index in [-0.39, 0.29) is 0 Å². The predicted molar refractivity (Wildman–Crippen MR) is 38.5 cm³/mol. The smallest absolute Gasteiger partial charge is 0.223 e. The third-order valence-corrected chi connectivity index (χ3v) is 2.72. The van der Waals surface area contributed by atoms with Gasteiger partial charge in [-0.25, -0.2) is 0 Å². The normalized spacial score (nSPS) is 39.0. The van der Waals surface area contributed by atoms with Crippen LogP contribution in [-0.4, -0.2) is 12.5 Å². The molecule has 0 aromatic carbocycles. The van der Waals surface area contributed by atoms with Crippen molar-refractivity contribution in [2.24, 2.45) is 11.8 Å². The van der Waals surface area contributed by atoms with Gasteiger partial charge in [0.25, 0.3) is 0 Å². The maximum absolute atomic E-state index is 11.1. The number of hydrogen-bond donors (Lipinski definition) is 1. The Hall–Kier alpha value is -0.530. The summed E-state index contributed by atoms with van der Waals surface area (Å²) in [4.78, 5) is 11.1. The summed E-state index contributed by atoms with van der Waals surface area (Å²) in [6, 6.07) is 0. The molecule has 2 aliphatic rings. The number of piperidine rings is 1. The summed E-state index contributed by atoms with van der Waals surface area (Å²) in [5.74, 6) is 1.47. The molecule has 0 spiro atoms. The van der Waals surface area contributed by atoms with Gasteiger partial charge in [0.1, 0.15) is 0 Å². The van der Waals surface area contributed by atoms with Crippen LogP contribution < -0.4 is 5.32 Å². The zero-order chi connectivity index (χ0) is 6.97. The lowest BCUT2D eigenvalue weighted by Gasteiger charge is -2.33. The lowest BCUT2D eigenvalue weighted by Crippen LogP contribution is -2.43. The van der Waals surface area contributed by atoms with Crippen LogP contribution in [0.25, 0.3) is 0 Å². The van der Waals surface area contributed by atoms with Crippen LogP contribution in [0.1, 0.15) is 25.7 Å². The summed E-state index contributed by atoms with van der Waals surface area (Å²) in [7, 11) is 0. The van der Waals surface area contributed by atoms with Gasteiger partial charge in [0.05, 0.1) is 0 Å². The number of carbonyl (C=O) groups is 1. The van der Waals surface area contributed by atoms with Crippen molar-refractivity contribution in [2.75, 3.05) is 6.54 Å². The number of nitrogens with one attached hydrogen (secondary N) is 1. The molecule has 1 saturated carbocycles. The first kappa shape index (κ1) is 6.20. The minimum absolute atomic E-state index is 0.302. The second-order valence-corrected chi connectivity index (χ2v) is 3.47. The van der Waals surface area contributed by atoms with Crippen molar-refractivity contribution in [1.29, 1.82) is 0 Å². The standard InChI is InChI=1S/C8H13NO/c10-8-7-3-1-2-6(4-7)5-9-8/h6-7H,1-5H2,(H,9,10)/t6-,7+/m1/s1. The van der Waals surface area contributed by atoms with E-state index in [1.807, 2.05) is 0 Å². The molecule has 56 valence electrons. The van der Waals surface area contributed by atoms with Gasteiger partial charge in [-0.2, -0.15) is 0 Å². The zero-order valence-electron chi connectivity index (χ0n) is 6.10. The number of amides is 1. The summed E-state index contributed by atoms with van der Waals surface area (Å²) < 4.78 is 0. The van der Waals surface area contributed by atoms with E-state index in [4.69, 9.17) is 0 Å². The Bertz CT molecular complexity index is 155. The largest absolute Gasteiger partial charge is 0.356 e. The third kappa shape index (κ3) is 0.917. The Morgan fingerprint density at radius 1 is 1.40 bits per heavy atom. The van der Waals surface area contributed by atoms with Gasteiger partial charge in [0, 0.05) is 12.5 Å². The molecule has 0 unspecified atom stereocenters. The molecule has 0 radical (unpaired) electrons. The van der Waals surface area contributed by atoms with Gasteiger partial charge < -0.3 is 5.32 Å². The van der Waals surface area contributed by atoms with Crippen molar-refractivity contribution in [3.05, 3.63) is 0 Å². The van der Waals surface area contributed by atoms with Crippen LogP contribution in [0.15, 0.2) is 0 Å². The highest BCUT2D eigenvalue weighted by Gasteiger charge is 2.31. The summed E-state index contributed by atoms with van der Waals surface area (Å²) in [6.45, 7) is 0.940. The highest BCUT2D eigenvalue weighted by molar-refractivity contribution is 5.79. The molecule has 1 saturated heterocycles. The fourth-order valence-corrected chi connectivity index (χ4v) is 2.10. The lowest BCUT2D eigenvalue weighted by atomic mass is 9.78. The summed E-state index contributed by atoms with van der Waals surface area (Å²) >= 11 is 0. The van der Waals surface area contributed by atoms with Crippen molar-refractivity contribution in [3.63, 3.8) is 0 Å². The molecule has 2 nitrogen and oxygen atoms in total. The molecule has 2 fully saturated rings. The maximum Gasteiger partial charge on any atom is 0.223 e. The van der Waals surface area contributed by atoms with Gasteiger partial charge in [-0.1, -0.05) is 6.42 Å². The van der Waals surface area contributed by atoms with Crippen molar-refractivity contribution in [1.82, 2.24) is 5.32 Å². The zero-order valence-corrected chi connectivity index (χ0v) is 6.10. The first-order chi connectivity index (χ1) is 4.86. The van der Waals surface area contributed by atoms with Gasteiger partial charge in [0.2, 0.25) is 5.91 Å². The van der Waals surface area contributed by atoms with Crippen molar-refractivity contribution in [3.8, 4) is 0 Å². The molecule has 0 aromatic heterocycles. The van der Waals surface area contributed by atoms with E-state index in [0.29, 0.717) is 11.8 Å². The number of fused-ring (bicyclic) bond motifs is 2. The Labute approximate surface area is 61.0 Å². The van der Waals surface area contributed by atoms with E-state index < -0.39 is 0 Å². The molecule has 2 atom stereocenters. The Kier molecular flexibility index (Phi) is 1.40. The number of rotatable bonds is 0. The molecule has 2 heteroatoms. The minimum atomic E-state index is 0.302. The third-order valence-electron chi connectivity index (χ3n) is 2.72. The van der Waals surface area contributed by atoms with E-state index >= 15 is 0 Å².